The van der Waals surface area contributed by atoms with Crippen molar-refractivity contribution in [2.75, 3.05) is 46.1 Å². The molecule has 2 aliphatic heterocycles. The molecule has 1 aromatic heterocycles. The number of rotatable bonds is 6. The molecule has 1 saturated carbocycles. The first kappa shape index (κ1) is 19.4. The minimum absolute atomic E-state index is 0.222. The van der Waals surface area contributed by atoms with Gasteiger partial charge in [0.1, 0.15) is 17.5 Å². The lowest BCUT2D eigenvalue weighted by Gasteiger charge is -2.37. The lowest BCUT2D eigenvalue weighted by molar-refractivity contribution is -0.0795. The molecule has 29 heavy (non-hydrogen) atoms. The Labute approximate surface area is 172 Å². The van der Waals surface area contributed by atoms with E-state index in [1.54, 1.807) is 0 Å². The molecule has 0 spiro atoms. The number of fused-ring (bicyclic) bond motifs is 1. The SMILES string of the molecule is OC1(CN2CCC(Oc3cccc4c3ccn4CC3CC3)CC2)COCCOC1. The molecule has 2 saturated heterocycles. The van der Waals surface area contributed by atoms with E-state index < -0.39 is 5.60 Å². The number of piperidine rings is 1. The maximum Gasteiger partial charge on any atom is 0.129 e. The normalized spacial score (nSPS) is 23.9. The molecule has 1 aromatic carbocycles. The van der Waals surface area contributed by atoms with Crippen molar-refractivity contribution in [2.45, 2.75) is 43.9 Å². The van der Waals surface area contributed by atoms with Gasteiger partial charge < -0.3 is 28.8 Å². The van der Waals surface area contributed by atoms with Gasteiger partial charge >= 0.3 is 0 Å². The van der Waals surface area contributed by atoms with Gasteiger partial charge in [-0.05, 0) is 49.8 Å². The lowest BCUT2D eigenvalue weighted by atomic mass is 10.0. The number of hydrogen-bond acceptors (Lipinski definition) is 5. The molecule has 6 nitrogen and oxygen atoms in total. The fraction of sp³-hybridized carbons (Fsp3) is 0.652. The Morgan fingerprint density at radius 2 is 1.79 bits per heavy atom. The van der Waals surface area contributed by atoms with Crippen LogP contribution in [0, 0.1) is 5.92 Å². The maximum atomic E-state index is 10.8. The highest BCUT2D eigenvalue weighted by Crippen LogP contribution is 2.34. The van der Waals surface area contributed by atoms with Crippen LogP contribution in [-0.2, 0) is 16.0 Å². The van der Waals surface area contributed by atoms with Crippen LogP contribution in [0.15, 0.2) is 30.5 Å². The zero-order valence-electron chi connectivity index (χ0n) is 17.1. The fourth-order valence-electron chi connectivity index (χ4n) is 4.59. The van der Waals surface area contributed by atoms with Gasteiger partial charge in [0.05, 0.1) is 31.9 Å². The van der Waals surface area contributed by atoms with Crippen molar-refractivity contribution in [3.63, 3.8) is 0 Å². The van der Waals surface area contributed by atoms with Crippen LogP contribution in [0.3, 0.4) is 0 Å². The molecule has 3 fully saturated rings. The quantitative estimate of drug-likeness (QED) is 0.808. The Balaban J connectivity index is 1.18. The third-order valence-electron chi connectivity index (χ3n) is 6.39. The van der Waals surface area contributed by atoms with Gasteiger partial charge in [-0.3, -0.25) is 0 Å². The molecule has 6 heteroatoms. The monoisotopic (exact) mass is 400 g/mol. The summed E-state index contributed by atoms with van der Waals surface area (Å²) in [7, 11) is 0. The number of β-amino-alcohol motifs (C(OH)–C–C–N with tert-alkyl or cyclic N) is 1. The van der Waals surface area contributed by atoms with Crippen LogP contribution < -0.4 is 4.74 Å². The maximum absolute atomic E-state index is 10.8. The molecule has 0 bridgehead atoms. The second kappa shape index (κ2) is 8.26. The van der Waals surface area contributed by atoms with E-state index in [1.807, 2.05) is 0 Å². The molecule has 3 heterocycles. The molecule has 158 valence electrons. The zero-order chi connectivity index (χ0) is 19.7. The van der Waals surface area contributed by atoms with Crippen molar-refractivity contribution in [3.05, 3.63) is 30.5 Å². The Kier molecular flexibility index (Phi) is 5.52. The van der Waals surface area contributed by atoms with E-state index in [1.165, 1.54) is 23.7 Å². The van der Waals surface area contributed by atoms with Crippen LogP contribution in [0.5, 0.6) is 5.75 Å². The summed E-state index contributed by atoms with van der Waals surface area (Å²) in [4.78, 5) is 2.31. The number of aromatic nitrogens is 1. The van der Waals surface area contributed by atoms with Crippen molar-refractivity contribution < 1.29 is 19.3 Å². The first-order valence-corrected chi connectivity index (χ1v) is 11.0. The van der Waals surface area contributed by atoms with Crippen LogP contribution in [0.2, 0.25) is 0 Å². The summed E-state index contributed by atoms with van der Waals surface area (Å²) in [6.45, 7) is 5.39. The molecule has 0 amide bonds. The van der Waals surface area contributed by atoms with Crippen LogP contribution in [0.4, 0.5) is 0 Å². The predicted molar refractivity (Wildman–Crippen MR) is 111 cm³/mol. The van der Waals surface area contributed by atoms with Gasteiger partial charge in [-0.15, -0.1) is 0 Å². The second-order valence-corrected chi connectivity index (χ2v) is 9.02. The fourth-order valence-corrected chi connectivity index (χ4v) is 4.59. The lowest BCUT2D eigenvalue weighted by Crippen LogP contribution is -2.51. The average molecular weight is 401 g/mol. The van der Waals surface area contributed by atoms with Crippen molar-refractivity contribution in [3.8, 4) is 5.75 Å². The number of benzene rings is 1. The largest absolute Gasteiger partial charge is 0.490 e. The molecule has 0 unspecified atom stereocenters. The zero-order valence-corrected chi connectivity index (χ0v) is 17.1. The summed E-state index contributed by atoms with van der Waals surface area (Å²) < 4.78 is 19.8. The van der Waals surface area contributed by atoms with Crippen molar-refractivity contribution in [2.24, 2.45) is 5.92 Å². The number of ether oxygens (including phenoxy) is 3. The molecular formula is C23H32N2O4. The van der Waals surface area contributed by atoms with Crippen LogP contribution in [-0.4, -0.2) is 72.3 Å². The minimum atomic E-state index is -0.903. The highest BCUT2D eigenvalue weighted by molar-refractivity contribution is 5.86. The number of likely N-dealkylation sites (tertiary alicyclic amines) is 1. The summed E-state index contributed by atoms with van der Waals surface area (Å²) in [5, 5.41) is 12.0. The Morgan fingerprint density at radius 1 is 1.03 bits per heavy atom. The Bertz CT molecular complexity index is 815. The van der Waals surface area contributed by atoms with E-state index in [4.69, 9.17) is 14.2 Å². The molecular weight excluding hydrogens is 368 g/mol. The van der Waals surface area contributed by atoms with E-state index in [-0.39, 0.29) is 6.10 Å². The average Bonchev–Trinajstić information content (AvgIpc) is 3.48. The van der Waals surface area contributed by atoms with Crippen molar-refractivity contribution in [1.82, 2.24) is 9.47 Å². The topological polar surface area (TPSA) is 56.1 Å². The van der Waals surface area contributed by atoms with Crippen LogP contribution in [0.1, 0.15) is 25.7 Å². The predicted octanol–water partition coefficient (Wildman–Crippen LogP) is 2.67. The summed E-state index contributed by atoms with van der Waals surface area (Å²) in [6.07, 6.45) is 7.09. The number of hydrogen-bond donors (Lipinski definition) is 1. The number of nitrogens with zero attached hydrogens (tertiary/aromatic N) is 2. The van der Waals surface area contributed by atoms with Gasteiger partial charge in [0, 0.05) is 37.8 Å². The van der Waals surface area contributed by atoms with Gasteiger partial charge in [0.2, 0.25) is 0 Å². The Morgan fingerprint density at radius 3 is 2.52 bits per heavy atom. The van der Waals surface area contributed by atoms with Crippen molar-refractivity contribution >= 4 is 10.9 Å². The van der Waals surface area contributed by atoms with E-state index >= 15 is 0 Å². The van der Waals surface area contributed by atoms with E-state index in [2.05, 4.69) is 39.9 Å². The van der Waals surface area contributed by atoms with Crippen molar-refractivity contribution in [1.29, 1.82) is 0 Å². The molecule has 0 atom stereocenters. The molecule has 5 rings (SSSR count). The second-order valence-electron chi connectivity index (χ2n) is 9.02. The third-order valence-corrected chi connectivity index (χ3v) is 6.39. The summed E-state index contributed by atoms with van der Waals surface area (Å²) in [5.41, 5.74) is 0.377. The summed E-state index contributed by atoms with van der Waals surface area (Å²) >= 11 is 0. The Hall–Kier alpha value is -1.60. The van der Waals surface area contributed by atoms with E-state index in [9.17, 15) is 5.11 Å². The van der Waals surface area contributed by atoms with E-state index in [0.717, 1.165) is 44.1 Å². The third kappa shape index (κ3) is 4.61. The van der Waals surface area contributed by atoms with Gasteiger partial charge in [-0.1, -0.05) is 6.07 Å². The summed E-state index contributed by atoms with van der Waals surface area (Å²) in [6, 6.07) is 8.60. The number of aliphatic hydroxyl groups is 1. The molecule has 0 radical (unpaired) electrons. The highest BCUT2D eigenvalue weighted by atomic mass is 16.6. The van der Waals surface area contributed by atoms with Crippen LogP contribution in [0.25, 0.3) is 10.9 Å². The molecule has 1 N–H and O–H groups in total. The van der Waals surface area contributed by atoms with Gasteiger partial charge in [-0.25, -0.2) is 0 Å². The van der Waals surface area contributed by atoms with Crippen LogP contribution >= 0.6 is 0 Å². The first-order chi connectivity index (χ1) is 14.2. The molecule has 1 aliphatic carbocycles. The van der Waals surface area contributed by atoms with Gasteiger partial charge in [0.15, 0.2) is 0 Å². The molecule has 2 aromatic rings. The minimum Gasteiger partial charge on any atom is -0.490 e. The van der Waals surface area contributed by atoms with E-state index in [0.29, 0.717) is 33.0 Å². The highest BCUT2D eigenvalue weighted by Gasteiger charge is 2.34. The smallest absolute Gasteiger partial charge is 0.129 e. The summed E-state index contributed by atoms with van der Waals surface area (Å²) in [5.74, 6) is 1.86. The van der Waals surface area contributed by atoms with Gasteiger partial charge in [-0.2, -0.15) is 0 Å². The van der Waals surface area contributed by atoms with Gasteiger partial charge in [0.25, 0.3) is 0 Å². The standard InChI is InChI=1S/C23H32N2O4/c26-23(16-27-12-13-28-17-23)15-24-9-6-19(7-10-24)29-22-3-1-2-21-20(22)8-11-25(21)14-18-4-5-18/h1-3,8,11,18-19,26H,4-7,9-10,12-17H2. The molecule has 3 aliphatic rings. The first-order valence-electron chi connectivity index (χ1n) is 11.0.